The molecule has 0 aliphatic rings. The molecule has 1 amide bonds. The highest BCUT2D eigenvalue weighted by molar-refractivity contribution is 5.94. The van der Waals surface area contributed by atoms with E-state index in [9.17, 15) is 4.79 Å². The first-order valence-corrected chi connectivity index (χ1v) is 8.76. The van der Waals surface area contributed by atoms with Gasteiger partial charge in [0, 0.05) is 23.5 Å². The molecule has 4 rings (SSSR count). The van der Waals surface area contributed by atoms with E-state index in [0.29, 0.717) is 5.69 Å². The van der Waals surface area contributed by atoms with Crippen molar-refractivity contribution in [3.8, 4) is 16.9 Å². The third kappa shape index (κ3) is 3.86. The Hall–Kier alpha value is -4.06. The Morgan fingerprint density at radius 3 is 2.36 bits per heavy atom. The first-order valence-electron chi connectivity index (χ1n) is 8.76. The minimum atomic E-state index is -0.367. The number of pyridine rings is 1. The van der Waals surface area contributed by atoms with E-state index in [1.165, 1.54) is 0 Å². The monoisotopic (exact) mass is 367 g/mol. The Bertz CT molecular complexity index is 1090. The number of benzene rings is 2. The standard InChI is InChI=1S/C22H17N5O/c28-22(20-13-7-8-14-23-20)25-24-15-18-16-27(19-11-5-2-6-12-19)26-21(18)17-9-3-1-4-10-17/h1-16H,(H,25,28)/b24-15-. The smallest absolute Gasteiger partial charge is 0.266 e. The van der Waals surface area contributed by atoms with Gasteiger partial charge in [0.05, 0.1) is 11.9 Å². The summed E-state index contributed by atoms with van der Waals surface area (Å²) < 4.78 is 1.80. The van der Waals surface area contributed by atoms with Gasteiger partial charge in [0.2, 0.25) is 0 Å². The average molecular weight is 367 g/mol. The summed E-state index contributed by atoms with van der Waals surface area (Å²) in [6, 6.07) is 24.8. The van der Waals surface area contributed by atoms with Crippen LogP contribution in [-0.4, -0.2) is 26.9 Å². The van der Waals surface area contributed by atoms with E-state index in [1.807, 2.05) is 66.9 Å². The number of carbonyl (C=O) groups excluding carboxylic acids is 1. The predicted octanol–water partition coefficient (Wildman–Crippen LogP) is 3.70. The molecule has 2 heterocycles. The second kappa shape index (κ2) is 8.09. The van der Waals surface area contributed by atoms with Gasteiger partial charge in [0.25, 0.3) is 5.91 Å². The van der Waals surface area contributed by atoms with Crippen molar-refractivity contribution in [2.45, 2.75) is 0 Å². The van der Waals surface area contributed by atoms with E-state index in [0.717, 1.165) is 22.5 Å². The van der Waals surface area contributed by atoms with Crippen LogP contribution in [0.1, 0.15) is 16.1 Å². The first kappa shape index (κ1) is 17.4. The number of amides is 1. The SMILES string of the molecule is O=C(N/N=C\c1cn(-c2ccccc2)nc1-c1ccccc1)c1ccccn1. The van der Waals surface area contributed by atoms with Crippen LogP contribution in [0.5, 0.6) is 0 Å². The summed E-state index contributed by atoms with van der Waals surface area (Å²) in [5.41, 5.74) is 6.29. The molecule has 0 bridgehead atoms. The Morgan fingerprint density at radius 1 is 0.929 bits per heavy atom. The van der Waals surface area contributed by atoms with Gasteiger partial charge >= 0.3 is 0 Å². The van der Waals surface area contributed by atoms with Crippen molar-refractivity contribution in [1.82, 2.24) is 20.2 Å². The number of rotatable bonds is 5. The van der Waals surface area contributed by atoms with Crippen molar-refractivity contribution in [3.63, 3.8) is 0 Å². The summed E-state index contributed by atoms with van der Waals surface area (Å²) in [7, 11) is 0. The van der Waals surface area contributed by atoms with Gasteiger partial charge in [-0.3, -0.25) is 9.78 Å². The quantitative estimate of drug-likeness (QED) is 0.432. The molecule has 6 heteroatoms. The molecule has 28 heavy (non-hydrogen) atoms. The summed E-state index contributed by atoms with van der Waals surface area (Å²) in [6.45, 7) is 0. The zero-order valence-electron chi connectivity index (χ0n) is 14.9. The fourth-order valence-corrected chi connectivity index (χ4v) is 2.73. The average Bonchev–Trinajstić information content (AvgIpc) is 3.20. The van der Waals surface area contributed by atoms with Crippen molar-refractivity contribution in [3.05, 3.63) is 103 Å². The summed E-state index contributed by atoms with van der Waals surface area (Å²) in [5, 5.41) is 8.80. The molecule has 0 unspecified atom stereocenters. The van der Waals surface area contributed by atoms with Gasteiger partial charge < -0.3 is 0 Å². The Balaban J connectivity index is 1.63. The van der Waals surface area contributed by atoms with Gasteiger partial charge in [0.1, 0.15) is 11.4 Å². The number of para-hydroxylation sites is 1. The van der Waals surface area contributed by atoms with Gasteiger partial charge in [-0.05, 0) is 24.3 Å². The summed E-state index contributed by atoms with van der Waals surface area (Å²) in [4.78, 5) is 16.1. The lowest BCUT2D eigenvalue weighted by molar-refractivity contribution is 0.0950. The molecule has 0 aliphatic carbocycles. The largest absolute Gasteiger partial charge is 0.289 e. The van der Waals surface area contributed by atoms with Crippen LogP contribution in [0.25, 0.3) is 16.9 Å². The van der Waals surface area contributed by atoms with Crippen molar-refractivity contribution >= 4 is 12.1 Å². The molecular weight excluding hydrogens is 350 g/mol. The number of nitrogens with zero attached hydrogens (tertiary/aromatic N) is 4. The fourth-order valence-electron chi connectivity index (χ4n) is 2.73. The van der Waals surface area contributed by atoms with Crippen LogP contribution in [-0.2, 0) is 0 Å². The van der Waals surface area contributed by atoms with Crippen LogP contribution in [0.15, 0.2) is 96.4 Å². The van der Waals surface area contributed by atoms with Crippen LogP contribution in [0.3, 0.4) is 0 Å². The van der Waals surface area contributed by atoms with Crippen molar-refractivity contribution in [2.75, 3.05) is 0 Å². The maximum absolute atomic E-state index is 12.1. The van der Waals surface area contributed by atoms with E-state index in [2.05, 4.69) is 15.5 Å². The zero-order chi connectivity index (χ0) is 19.2. The molecule has 0 aliphatic heterocycles. The molecule has 0 fully saturated rings. The summed E-state index contributed by atoms with van der Waals surface area (Å²) in [5.74, 6) is -0.367. The van der Waals surface area contributed by atoms with Crippen LogP contribution >= 0.6 is 0 Å². The molecule has 0 saturated carbocycles. The van der Waals surface area contributed by atoms with Gasteiger partial charge in [-0.1, -0.05) is 54.6 Å². The molecule has 1 N–H and O–H groups in total. The maximum Gasteiger partial charge on any atom is 0.289 e. The topological polar surface area (TPSA) is 72.2 Å². The summed E-state index contributed by atoms with van der Waals surface area (Å²) >= 11 is 0. The number of carbonyl (C=O) groups is 1. The van der Waals surface area contributed by atoms with E-state index < -0.39 is 0 Å². The van der Waals surface area contributed by atoms with Gasteiger partial charge in [0.15, 0.2) is 0 Å². The lowest BCUT2D eigenvalue weighted by Crippen LogP contribution is -2.18. The highest BCUT2D eigenvalue weighted by Gasteiger charge is 2.11. The van der Waals surface area contributed by atoms with E-state index in [-0.39, 0.29) is 5.91 Å². The first-order chi connectivity index (χ1) is 13.8. The van der Waals surface area contributed by atoms with Crippen molar-refractivity contribution in [2.24, 2.45) is 5.10 Å². The molecule has 0 saturated heterocycles. The van der Waals surface area contributed by atoms with Gasteiger partial charge in [-0.2, -0.15) is 10.2 Å². The number of hydrazone groups is 1. The number of hydrogen-bond acceptors (Lipinski definition) is 4. The minimum absolute atomic E-state index is 0.308. The van der Waals surface area contributed by atoms with Crippen molar-refractivity contribution in [1.29, 1.82) is 0 Å². The van der Waals surface area contributed by atoms with E-state index >= 15 is 0 Å². The normalized spacial score (nSPS) is 10.9. The van der Waals surface area contributed by atoms with Crippen LogP contribution in [0.2, 0.25) is 0 Å². The second-order valence-electron chi connectivity index (χ2n) is 5.99. The molecule has 0 spiro atoms. The fraction of sp³-hybridized carbons (Fsp3) is 0. The molecule has 2 aromatic heterocycles. The maximum atomic E-state index is 12.1. The van der Waals surface area contributed by atoms with Crippen LogP contribution in [0.4, 0.5) is 0 Å². The molecule has 6 nitrogen and oxygen atoms in total. The highest BCUT2D eigenvalue weighted by Crippen LogP contribution is 2.22. The van der Waals surface area contributed by atoms with E-state index in [4.69, 9.17) is 5.10 Å². The zero-order valence-corrected chi connectivity index (χ0v) is 14.9. The Kier molecular flexibility index (Phi) is 5.02. The number of aromatic nitrogens is 3. The lowest BCUT2D eigenvalue weighted by Gasteiger charge is -2.00. The Morgan fingerprint density at radius 2 is 1.64 bits per heavy atom. The Labute approximate surface area is 162 Å². The molecule has 4 aromatic rings. The molecule has 2 aromatic carbocycles. The van der Waals surface area contributed by atoms with E-state index in [1.54, 1.807) is 35.3 Å². The lowest BCUT2D eigenvalue weighted by atomic mass is 10.1. The van der Waals surface area contributed by atoms with Crippen LogP contribution < -0.4 is 5.43 Å². The third-order valence-corrected chi connectivity index (χ3v) is 4.08. The molecule has 136 valence electrons. The van der Waals surface area contributed by atoms with Gasteiger partial charge in [-0.15, -0.1) is 0 Å². The second-order valence-corrected chi connectivity index (χ2v) is 5.99. The molecular formula is C22H17N5O. The third-order valence-electron chi connectivity index (χ3n) is 4.08. The highest BCUT2D eigenvalue weighted by atomic mass is 16.2. The predicted molar refractivity (Wildman–Crippen MR) is 108 cm³/mol. The minimum Gasteiger partial charge on any atom is -0.266 e. The number of hydrogen-bond donors (Lipinski definition) is 1. The summed E-state index contributed by atoms with van der Waals surface area (Å²) in [6.07, 6.45) is 5.04. The molecule has 0 atom stereocenters. The van der Waals surface area contributed by atoms with Crippen LogP contribution in [0, 0.1) is 0 Å². The van der Waals surface area contributed by atoms with Gasteiger partial charge in [-0.25, -0.2) is 10.1 Å². The molecule has 0 radical (unpaired) electrons. The van der Waals surface area contributed by atoms with Crippen molar-refractivity contribution < 1.29 is 4.79 Å². The number of nitrogens with one attached hydrogen (secondary N) is 1.